The maximum absolute atomic E-state index is 12.3. The van der Waals surface area contributed by atoms with Crippen LogP contribution in [0.3, 0.4) is 0 Å². The van der Waals surface area contributed by atoms with Crippen LogP contribution < -0.4 is 4.74 Å². The highest BCUT2D eigenvalue weighted by Gasteiger charge is 2.21. The molecule has 0 saturated carbocycles. The van der Waals surface area contributed by atoms with Crippen molar-refractivity contribution in [3.05, 3.63) is 51.2 Å². The number of thiophene rings is 1. The van der Waals surface area contributed by atoms with Gasteiger partial charge < -0.3 is 4.74 Å². The third kappa shape index (κ3) is 2.90. The van der Waals surface area contributed by atoms with Crippen LogP contribution in [0.1, 0.15) is 50.9 Å². The minimum absolute atomic E-state index is 0.000203. The second-order valence-corrected chi connectivity index (χ2v) is 6.19. The van der Waals surface area contributed by atoms with Crippen LogP contribution in [0, 0.1) is 0 Å². The molecule has 0 bridgehead atoms. The van der Waals surface area contributed by atoms with Gasteiger partial charge in [0.1, 0.15) is 5.75 Å². The molecule has 21 heavy (non-hydrogen) atoms. The fraction of sp³-hybridized carbons (Fsp3) is 0.294. The number of ketones is 1. The van der Waals surface area contributed by atoms with Crippen molar-refractivity contribution in [1.29, 1.82) is 0 Å². The third-order valence-corrected chi connectivity index (χ3v) is 4.84. The van der Waals surface area contributed by atoms with Crippen LogP contribution >= 0.6 is 11.3 Å². The molecule has 3 nitrogen and oxygen atoms in total. The zero-order valence-corrected chi connectivity index (χ0v) is 12.7. The number of carbonyl (C=O) groups excluding carboxylic acids is 2. The van der Waals surface area contributed by atoms with Crippen LogP contribution in [0.2, 0.25) is 0 Å². The fourth-order valence-electron chi connectivity index (χ4n) is 2.58. The molecule has 108 valence electrons. The molecule has 0 saturated heterocycles. The molecule has 0 aliphatic heterocycles. The van der Waals surface area contributed by atoms with Crippen molar-refractivity contribution in [3.63, 3.8) is 0 Å². The number of carbonyl (C=O) groups is 2. The van der Waals surface area contributed by atoms with Crippen LogP contribution in [0.4, 0.5) is 0 Å². The average Bonchev–Trinajstić information content (AvgIpc) is 2.92. The molecular weight excluding hydrogens is 284 g/mol. The molecule has 0 unspecified atom stereocenters. The Morgan fingerprint density at radius 1 is 1.10 bits per heavy atom. The van der Waals surface area contributed by atoms with Crippen molar-refractivity contribution in [2.45, 2.75) is 32.6 Å². The summed E-state index contributed by atoms with van der Waals surface area (Å²) in [6, 6.07) is 6.67. The van der Waals surface area contributed by atoms with Gasteiger partial charge in [0.15, 0.2) is 5.78 Å². The molecule has 4 heteroatoms. The average molecular weight is 300 g/mol. The minimum Gasteiger partial charge on any atom is -0.423 e. The first-order valence-corrected chi connectivity index (χ1v) is 7.95. The minimum atomic E-state index is -0.301. The Bertz CT molecular complexity index is 683. The predicted molar refractivity (Wildman–Crippen MR) is 82.4 cm³/mol. The van der Waals surface area contributed by atoms with Gasteiger partial charge in [-0.1, -0.05) is 0 Å². The van der Waals surface area contributed by atoms with Crippen LogP contribution in [-0.4, -0.2) is 11.8 Å². The van der Waals surface area contributed by atoms with Crippen molar-refractivity contribution in [3.8, 4) is 5.75 Å². The molecule has 1 heterocycles. The van der Waals surface area contributed by atoms with Gasteiger partial charge >= 0.3 is 5.97 Å². The number of hydrogen-bond acceptors (Lipinski definition) is 4. The SMILES string of the molecule is CC(=O)c1ccc(OC(=O)c2csc3c2CCCC3)cc1. The lowest BCUT2D eigenvalue weighted by Crippen LogP contribution is -2.12. The smallest absolute Gasteiger partial charge is 0.344 e. The summed E-state index contributed by atoms with van der Waals surface area (Å²) in [5, 5.41) is 1.91. The van der Waals surface area contributed by atoms with Gasteiger partial charge in [0.05, 0.1) is 5.56 Å². The van der Waals surface area contributed by atoms with E-state index in [0.717, 1.165) is 24.8 Å². The largest absolute Gasteiger partial charge is 0.423 e. The van der Waals surface area contributed by atoms with Crippen LogP contribution in [0.15, 0.2) is 29.6 Å². The fourth-order valence-corrected chi connectivity index (χ4v) is 3.70. The topological polar surface area (TPSA) is 43.4 Å². The van der Waals surface area contributed by atoms with Gasteiger partial charge in [0.2, 0.25) is 0 Å². The Morgan fingerprint density at radius 2 is 1.81 bits per heavy atom. The van der Waals surface area contributed by atoms with Gasteiger partial charge in [-0.2, -0.15) is 0 Å². The van der Waals surface area contributed by atoms with E-state index in [9.17, 15) is 9.59 Å². The Hall–Kier alpha value is -1.94. The quantitative estimate of drug-likeness (QED) is 0.488. The molecule has 1 aliphatic rings. The summed E-state index contributed by atoms with van der Waals surface area (Å²) in [5.41, 5.74) is 2.48. The van der Waals surface area contributed by atoms with E-state index in [-0.39, 0.29) is 11.8 Å². The molecule has 0 spiro atoms. The summed E-state index contributed by atoms with van der Waals surface area (Å²) in [6.07, 6.45) is 4.37. The van der Waals surface area contributed by atoms with Crippen molar-refractivity contribution < 1.29 is 14.3 Å². The maximum Gasteiger partial charge on any atom is 0.344 e. The number of Topliss-reactive ketones (excluding diaryl/α,β-unsaturated/α-hetero) is 1. The Balaban J connectivity index is 1.77. The maximum atomic E-state index is 12.3. The Kier molecular flexibility index (Phi) is 3.88. The van der Waals surface area contributed by atoms with Crippen molar-refractivity contribution in [1.82, 2.24) is 0 Å². The summed E-state index contributed by atoms with van der Waals surface area (Å²) < 4.78 is 5.42. The van der Waals surface area contributed by atoms with Gasteiger partial charge in [-0.05, 0) is 62.4 Å². The third-order valence-electron chi connectivity index (χ3n) is 3.75. The molecule has 2 aromatic rings. The lowest BCUT2D eigenvalue weighted by molar-refractivity contribution is 0.0734. The molecule has 0 atom stereocenters. The van der Waals surface area contributed by atoms with Gasteiger partial charge in [-0.25, -0.2) is 4.79 Å². The zero-order valence-electron chi connectivity index (χ0n) is 11.8. The van der Waals surface area contributed by atoms with E-state index in [1.54, 1.807) is 35.6 Å². The predicted octanol–water partition coefficient (Wildman–Crippen LogP) is 4.05. The lowest BCUT2D eigenvalue weighted by atomic mass is 9.96. The number of esters is 1. The van der Waals surface area contributed by atoms with E-state index in [0.29, 0.717) is 16.9 Å². The van der Waals surface area contributed by atoms with Crippen molar-refractivity contribution >= 4 is 23.1 Å². The summed E-state index contributed by atoms with van der Waals surface area (Å²) in [6.45, 7) is 1.51. The summed E-state index contributed by atoms with van der Waals surface area (Å²) in [5.74, 6) is 0.172. The van der Waals surface area contributed by atoms with Gasteiger partial charge in [-0.15, -0.1) is 11.3 Å². The number of hydrogen-bond donors (Lipinski definition) is 0. The van der Waals surface area contributed by atoms with E-state index in [2.05, 4.69) is 0 Å². The second-order valence-electron chi connectivity index (χ2n) is 5.23. The van der Waals surface area contributed by atoms with E-state index >= 15 is 0 Å². The van der Waals surface area contributed by atoms with E-state index in [1.807, 2.05) is 5.38 Å². The van der Waals surface area contributed by atoms with Crippen LogP contribution in [0.5, 0.6) is 5.75 Å². The highest BCUT2D eigenvalue weighted by molar-refractivity contribution is 7.10. The van der Waals surface area contributed by atoms with Crippen molar-refractivity contribution in [2.24, 2.45) is 0 Å². The second kappa shape index (κ2) is 5.82. The number of fused-ring (bicyclic) bond motifs is 1. The number of ether oxygens (including phenoxy) is 1. The standard InChI is InChI=1S/C17H16O3S/c1-11(18)12-6-8-13(9-7-12)20-17(19)15-10-21-16-5-3-2-4-14(15)16/h6-10H,2-5H2,1H3. The molecule has 0 radical (unpaired) electrons. The van der Waals surface area contributed by atoms with Crippen LogP contribution in [-0.2, 0) is 12.8 Å². The van der Waals surface area contributed by atoms with Crippen LogP contribution in [0.25, 0.3) is 0 Å². The molecule has 3 rings (SSSR count). The van der Waals surface area contributed by atoms with Gasteiger partial charge in [-0.3, -0.25) is 4.79 Å². The first-order chi connectivity index (χ1) is 10.1. The molecule has 0 N–H and O–H groups in total. The first kappa shape index (κ1) is 14.0. The normalized spacial score (nSPS) is 13.6. The van der Waals surface area contributed by atoms with Crippen molar-refractivity contribution in [2.75, 3.05) is 0 Å². The summed E-state index contributed by atoms with van der Waals surface area (Å²) >= 11 is 1.65. The molecular formula is C17H16O3S. The van der Waals surface area contributed by atoms with E-state index < -0.39 is 0 Å². The molecule has 0 amide bonds. The number of aryl methyl sites for hydroxylation is 1. The highest BCUT2D eigenvalue weighted by Crippen LogP contribution is 2.30. The Morgan fingerprint density at radius 3 is 2.52 bits per heavy atom. The summed E-state index contributed by atoms with van der Waals surface area (Å²) in [7, 11) is 0. The summed E-state index contributed by atoms with van der Waals surface area (Å²) in [4.78, 5) is 24.8. The zero-order chi connectivity index (χ0) is 14.8. The van der Waals surface area contributed by atoms with Gasteiger partial charge in [0, 0.05) is 15.8 Å². The molecule has 1 aromatic heterocycles. The highest BCUT2D eigenvalue weighted by atomic mass is 32.1. The molecule has 1 aliphatic carbocycles. The number of benzene rings is 1. The number of rotatable bonds is 3. The van der Waals surface area contributed by atoms with Gasteiger partial charge in [0.25, 0.3) is 0 Å². The Labute approximate surface area is 127 Å². The van der Waals surface area contributed by atoms with E-state index in [4.69, 9.17) is 4.74 Å². The molecule has 0 fully saturated rings. The lowest BCUT2D eigenvalue weighted by Gasteiger charge is -2.12. The van der Waals surface area contributed by atoms with E-state index in [1.165, 1.54) is 18.2 Å². The first-order valence-electron chi connectivity index (χ1n) is 7.07. The molecule has 1 aromatic carbocycles. The monoisotopic (exact) mass is 300 g/mol.